The highest BCUT2D eigenvalue weighted by molar-refractivity contribution is 5.19. The molecule has 1 unspecified atom stereocenters. The molecule has 4 nitrogen and oxygen atoms in total. The van der Waals surface area contributed by atoms with Crippen LogP contribution in [0, 0.1) is 0 Å². The lowest BCUT2D eigenvalue weighted by Crippen LogP contribution is -2.28. The SMILES string of the molecule is CC(N[C@@H](CO)c1ccccc1)c1ccnn1C. The lowest BCUT2D eigenvalue weighted by molar-refractivity contribution is 0.234. The molecule has 0 fully saturated rings. The van der Waals surface area contributed by atoms with Gasteiger partial charge in [-0.2, -0.15) is 5.10 Å². The molecule has 2 rings (SSSR count). The molecule has 0 amide bonds. The van der Waals surface area contributed by atoms with E-state index >= 15 is 0 Å². The standard InChI is InChI=1S/C14H19N3O/c1-11(14-8-9-15-17(14)2)16-13(10-18)12-6-4-3-5-7-12/h3-9,11,13,16,18H,10H2,1-2H3/t11?,13-/m0/s1. The molecule has 0 aliphatic heterocycles. The second-order valence-electron chi connectivity index (χ2n) is 4.41. The Morgan fingerprint density at radius 3 is 2.56 bits per heavy atom. The maximum absolute atomic E-state index is 9.51. The summed E-state index contributed by atoms with van der Waals surface area (Å²) in [5, 5.41) is 17.1. The van der Waals surface area contributed by atoms with Gasteiger partial charge in [-0.05, 0) is 18.6 Å². The van der Waals surface area contributed by atoms with Gasteiger partial charge >= 0.3 is 0 Å². The van der Waals surface area contributed by atoms with Gasteiger partial charge in [-0.15, -0.1) is 0 Å². The monoisotopic (exact) mass is 245 g/mol. The summed E-state index contributed by atoms with van der Waals surface area (Å²) in [5.74, 6) is 0. The first-order valence-corrected chi connectivity index (χ1v) is 6.12. The van der Waals surface area contributed by atoms with E-state index in [-0.39, 0.29) is 18.7 Å². The van der Waals surface area contributed by atoms with E-state index in [1.165, 1.54) is 0 Å². The Morgan fingerprint density at radius 2 is 2.00 bits per heavy atom. The average molecular weight is 245 g/mol. The Hall–Kier alpha value is -1.65. The summed E-state index contributed by atoms with van der Waals surface area (Å²) in [6, 6.07) is 12.0. The minimum atomic E-state index is -0.0592. The van der Waals surface area contributed by atoms with Gasteiger partial charge in [0.25, 0.3) is 0 Å². The number of aliphatic hydroxyl groups excluding tert-OH is 1. The van der Waals surface area contributed by atoms with Gasteiger partial charge in [0, 0.05) is 19.3 Å². The van der Waals surface area contributed by atoms with Crippen LogP contribution in [0.15, 0.2) is 42.6 Å². The molecular weight excluding hydrogens is 226 g/mol. The third-order valence-electron chi connectivity index (χ3n) is 3.14. The Bertz CT molecular complexity index is 481. The third kappa shape index (κ3) is 2.78. The van der Waals surface area contributed by atoms with Crippen LogP contribution in [-0.4, -0.2) is 21.5 Å². The highest BCUT2D eigenvalue weighted by Crippen LogP contribution is 2.18. The lowest BCUT2D eigenvalue weighted by Gasteiger charge is -2.22. The zero-order chi connectivity index (χ0) is 13.0. The van der Waals surface area contributed by atoms with Gasteiger partial charge in [0.05, 0.1) is 18.3 Å². The van der Waals surface area contributed by atoms with Crippen LogP contribution in [0.5, 0.6) is 0 Å². The fourth-order valence-corrected chi connectivity index (χ4v) is 2.14. The Balaban J connectivity index is 2.10. The van der Waals surface area contributed by atoms with Crippen molar-refractivity contribution in [2.45, 2.75) is 19.0 Å². The average Bonchev–Trinajstić information content (AvgIpc) is 2.83. The van der Waals surface area contributed by atoms with Crippen molar-refractivity contribution in [2.24, 2.45) is 7.05 Å². The van der Waals surface area contributed by atoms with Crippen molar-refractivity contribution < 1.29 is 5.11 Å². The van der Waals surface area contributed by atoms with E-state index in [1.807, 2.05) is 48.1 Å². The van der Waals surface area contributed by atoms with Gasteiger partial charge in [-0.1, -0.05) is 30.3 Å². The number of rotatable bonds is 5. The van der Waals surface area contributed by atoms with Gasteiger partial charge in [-0.3, -0.25) is 10.00 Å². The van der Waals surface area contributed by atoms with E-state index in [4.69, 9.17) is 0 Å². The quantitative estimate of drug-likeness (QED) is 0.844. The number of hydrogen-bond acceptors (Lipinski definition) is 3. The second-order valence-corrected chi connectivity index (χ2v) is 4.41. The minimum Gasteiger partial charge on any atom is -0.394 e. The van der Waals surface area contributed by atoms with E-state index in [2.05, 4.69) is 17.3 Å². The molecule has 0 saturated carbocycles. The molecule has 2 N–H and O–H groups in total. The van der Waals surface area contributed by atoms with Crippen LogP contribution in [0.1, 0.15) is 30.3 Å². The van der Waals surface area contributed by atoms with E-state index in [9.17, 15) is 5.11 Å². The van der Waals surface area contributed by atoms with Crippen LogP contribution in [0.4, 0.5) is 0 Å². The molecule has 2 aromatic rings. The fourth-order valence-electron chi connectivity index (χ4n) is 2.14. The van der Waals surface area contributed by atoms with Crippen molar-refractivity contribution in [3.05, 3.63) is 53.9 Å². The van der Waals surface area contributed by atoms with Crippen LogP contribution in [-0.2, 0) is 7.05 Å². The Kier molecular flexibility index (Phi) is 4.12. The molecular formula is C14H19N3O. The molecule has 0 radical (unpaired) electrons. The minimum absolute atomic E-state index is 0.0592. The Labute approximate surface area is 107 Å². The molecule has 18 heavy (non-hydrogen) atoms. The summed E-state index contributed by atoms with van der Waals surface area (Å²) in [5.41, 5.74) is 2.19. The third-order valence-corrected chi connectivity index (χ3v) is 3.14. The smallest absolute Gasteiger partial charge is 0.0626 e. The molecule has 0 saturated heterocycles. The van der Waals surface area contributed by atoms with Crippen LogP contribution in [0.3, 0.4) is 0 Å². The number of aliphatic hydroxyl groups is 1. The normalized spacial score (nSPS) is 14.4. The van der Waals surface area contributed by atoms with E-state index < -0.39 is 0 Å². The zero-order valence-corrected chi connectivity index (χ0v) is 10.7. The topological polar surface area (TPSA) is 50.1 Å². The second kappa shape index (κ2) is 5.80. The lowest BCUT2D eigenvalue weighted by atomic mass is 10.1. The van der Waals surface area contributed by atoms with E-state index in [1.54, 1.807) is 6.20 Å². The molecule has 4 heteroatoms. The number of aryl methyl sites for hydroxylation is 1. The van der Waals surface area contributed by atoms with Crippen molar-refractivity contribution in [2.75, 3.05) is 6.61 Å². The van der Waals surface area contributed by atoms with Crippen molar-refractivity contribution in [3.8, 4) is 0 Å². The van der Waals surface area contributed by atoms with Crippen LogP contribution < -0.4 is 5.32 Å². The van der Waals surface area contributed by atoms with Gasteiger partial charge in [0.2, 0.25) is 0 Å². The van der Waals surface area contributed by atoms with E-state index in [0.717, 1.165) is 11.3 Å². The summed E-state index contributed by atoms with van der Waals surface area (Å²) in [4.78, 5) is 0. The van der Waals surface area contributed by atoms with Crippen molar-refractivity contribution in [1.82, 2.24) is 15.1 Å². The van der Waals surface area contributed by atoms with Crippen molar-refractivity contribution in [1.29, 1.82) is 0 Å². The molecule has 0 spiro atoms. The Morgan fingerprint density at radius 1 is 1.28 bits per heavy atom. The molecule has 0 aliphatic carbocycles. The van der Waals surface area contributed by atoms with Crippen LogP contribution in [0.25, 0.3) is 0 Å². The number of nitrogens with zero attached hydrogens (tertiary/aromatic N) is 2. The molecule has 96 valence electrons. The van der Waals surface area contributed by atoms with Gasteiger partial charge < -0.3 is 5.11 Å². The maximum atomic E-state index is 9.51. The van der Waals surface area contributed by atoms with Crippen molar-refractivity contribution >= 4 is 0 Å². The first-order valence-electron chi connectivity index (χ1n) is 6.12. The molecule has 1 heterocycles. The summed E-state index contributed by atoms with van der Waals surface area (Å²) in [6.45, 7) is 2.15. The predicted molar refractivity (Wildman–Crippen MR) is 71.0 cm³/mol. The maximum Gasteiger partial charge on any atom is 0.0626 e. The predicted octanol–water partition coefficient (Wildman–Crippen LogP) is 1.80. The van der Waals surface area contributed by atoms with E-state index in [0.29, 0.717) is 0 Å². The van der Waals surface area contributed by atoms with Crippen LogP contribution in [0.2, 0.25) is 0 Å². The molecule has 0 aliphatic rings. The highest BCUT2D eigenvalue weighted by Gasteiger charge is 2.16. The van der Waals surface area contributed by atoms with Gasteiger partial charge in [0.1, 0.15) is 0 Å². The zero-order valence-electron chi connectivity index (χ0n) is 10.7. The molecule has 2 atom stereocenters. The van der Waals surface area contributed by atoms with Gasteiger partial charge in [-0.25, -0.2) is 0 Å². The number of hydrogen-bond donors (Lipinski definition) is 2. The first kappa shape index (κ1) is 12.8. The largest absolute Gasteiger partial charge is 0.394 e. The summed E-state index contributed by atoms with van der Waals surface area (Å²) >= 11 is 0. The van der Waals surface area contributed by atoms with Crippen molar-refractivity contribution in [3.63, 3.8) is 0 Å². The summed E-state index contributed by atoms with van der Waals surface area (Å²) in [6.07, 6.45) is 1.78. The molecule has 1 aromatic heterocycles. The molecule has 0 bridgehead atoms. The van der Waals surface area contributed by atoms with Crippen LogP contribution >= 0.6 is 0 Å². The van der Waals surface area contributed by atoms with Gasteiger partial charge in [0.15, 0.2) is 0 Å². The highest BCUT2D eigenvalue weighted by atomic mass is 16.3. The number of benzene rings is 1. The summed E-state index contributed by atoms with van der Waals surface area (Å²) < 4.78 is 1.84. The first-order chi connectivity index (χ1) is 8.72. The fraction of sp³-hybridized carbons (Fsp3) is 0.357. The molecule has 1 aromatic carbocycles. The number of nitrogens with one attached hydrogen (secondary N) is 1. The number of aromatic nitrogens is 2. The summed E-state index contributed by atoms with van der Waals surface area (Å²) in [7, 11) is 1.92.